The van der Waals surface area contributed by atoms with E-state index in [9.17, 15) is 29.1 Å². The van der Waals surface area contributed by atoms with Crippen molar-refractivity contribution in [3.8, 4) is 11.5 Å². The summed E-state index contributed by atoms with van der Waals surface area (Å²) in [5, 5.41) is 15.3. The lowest BCUT2D eigenvalue weighted by molar-refractivity contribution is -0.123. The number of hydrogen-bond donors (Lipinski definition) is 3. The van der Waals surface area contributed by atoms with Crippen molar-refractivity contribution in [2.24, 2.45) is 0 Å². The van der Waals surface area contributed by atoms with E-state index in [1.54, 1.807) is 115 Å². The fourth-order valence-corrected chi connectivity index (χ4v) is 5.69. The van der Waals surface area contributed by atoms with Crippen LogP contribution in [0.1, 0.15) is 74.3 Å². The van der Waals surface area contributed by atoms with Gasteiger partial charge in [0.1, 0.15) is 34.3 Å². The van der Waals surface area contributed by atoms with Gasteiger partial charge >= 0.3 is 24.4 Å². The van der Waals surface area contributed by atoms with Gasteiger partial charge in [0.15, 0.2) is 0 Å². The minimum Gasteiger partial charge on any atom is -0.508 e. The minimum atomic E-state index is -0.979. The molecule has 3 N–H and O–H groups in total. The molecular weight excluding hydrogens is 748 g/mol. The van der Waals surface area contributed by atoms with Gasteiger partial charge in [-0.3, -0.25) is 9.69 Å². The Balaban J connectivity index is 1.76. The highest BCUT2D eigenvalue weighted by Gasteiger charge is 2.30. The predicted octanol–water partition coefficient (Wildman–Crippen LogP) is 5.63. The minimum absolute atomic E-state index is 0.0779. The van der Waals surface area contributed by atoms with Crippen molar-refractivity contribution >= 4 is 30.3 Å². The third-order valence-corrected chi connectivity index (χ3v) is 8.50. The van der Waals surface area contributed by atoms with Gasteiger partial charge in [0, 0.05) is 65.3 Å². The van der Waals surface area contributed by atoms with Crippen molar-refractivity contribution in [2.75, 3.05) is 65.4 Å². The molecular formula is C42H64N6O10. The largest absolute Gasteiger partial charge is 0.508 e. The van der Waals surface area contributed by atoms with Crippen LogP contribution in [0.15, 0.2) is 54.6 Å². The van der Waals surface area contributed by atoms with E-state index in [2.05, 4.69) is 15.5 Å². The summed E-state index contributed by atoms with van der Waals surface area (Å²) < 4.78 is 22.5. The fraction of sp³-hybridized carbons (Fsp3) is 0.595. The second-order valence-corrected chi connectivity index (χ2v) is 17.2. The molecule has 2 aromatic carbocycles. The number of amides is 5. The van der Waals surface area contributed by atoms with Gasteiger partial charge in [0.25, 0.3) is 0 Å². The zero-order chi connectivity index (χ0) is 43.1. The Hall–Kier alpha value is -5.25. The van der Waals surface area contributed by atoms with Crippen LogP contribution in [0.4, 0.5) is 19.2 Å². The molecule has 2 aromatic rings. The van der Waals surface area contributed by atoms with Crippen LogP contribution < -0.4 is 15.4 Å². The van der Waals surface area contributed by atoms with Gasteiger partial charge in [-0.05, 0) is 105 Å². The molecule has 0 saturated carbocycles. The standard InChI is InChI=1S/C42H64N6O10/c1-40(2,3)56-37(52)46-24-22-45(23-25-47(38(53)57-41(4,5)6)27-29-48(28-26-46)39(54)58-42(7,8)9)21-13-20-43-35(50)34(30-31-16-18-32(49)19-17-31)44-36(51)55-33-14-11-10-12-15-33/h10-12,14-19,34,49H,13,20-30H2,1-9H3,(H,43,50)(H,44,51). The van der Waals surface area contributed by atoms with Crippen LogP contribution in [0, 0.1) is 0 Å². The maximum absolute atomic E-state index is 13.5. The summed E-state index contributed by atoms with van der Waals surface area (Å²) in [5.41, 5.74) is -1.53. The molecule has 1 unspecified atom stereocenters. The zero-order valence-corrected chi connectivity index (χ0v) is 35.7. The lowest BCUT2D eigenvalue weighted by Gasteiger charge is -2.35. The van der Waals surface area contributed by atoms with E-state index in [0.717, 1.165) is 5.56 Å². The molecule has 1 aliphatic rings. The van der Waals surface area contributed by atoms with Crippen LogP contribution in [-0.2, 0) is 25.4 Å². The average Bonchev–Trinajstić information content (AvgIpc) is 3.09. The maximum atomic E-state index is 13.5. The quantitative estimate of drug-likeness (QED) is 0.211. The molecule has 1 atom stereocenters. The van der Waals surface area contributed by atoms with Crippen LogP contribution in [0.2, 0.25) is 0 Å². The van der Waals surface area contributed by atoms with E-state index < -0.39 is 53.1 Å². The van der Waals surface area contributed by atoms with Crippen molar-refractivity contribution in [1.29, 1.82) is 0 Å². The van der Waals surface area contributed by atoms with Gasteiger partial charge in [-0.2, -0.15) is 0 Å². The monoisotopic (exact) mass is 812 g/mol. The van der Waals surface area contributed by atoms with E-state index in [1.165, 1.54) is 17.0 Å². The topological polar surface area (TPSA) is 180 Å². The van der Waals surface area contributed by atoms with E-state index in [-0.39, 0.29) is 58.0 Å². The Kier molecular flexibility index (Phi) is 17.5. The molecule has 1 aliphatic heterocycles. The molecule has 58 heavy (non-hydrogen) atoms. The number of para-hydroxylation sites is 1. The normalized spacial score (nSPS) is 15.6. The third-order valence-electron chi connectivity index (χ3n) is 8.50. The summed E-state index contributed by atoms with van der Waals surface area (Å²) in [6.45, 7) is 18.7. The average molecular weight is 813 g/mol. The van der Waals surface area contributed by atoms with E-state index >= 15 is 0 Å². The molecule has 3 rings (SSSR count). The lowest BCUT2D eigenvalue weighted by atomic mass is 10.1. The van der Waals surface area contributed by atoms with E-state index in [1.807, 2.05) is 0 Å². The van der Waals surface area contributed by atoms with Crippen molar-refractivity contribution in [3.05, 3.63) is 60.2 Å². The first kappa shape index (κ1) is 47.1. The first-order valence-electron chi connectivity index (χ1n) is 19.8. The number of carbonyl (C=O) groups excluding carboxylic acids is 5. The van der Waals surface area contributed by atoms with Crippen molar-refractivity contribution in [2.45, 2.75) is 98.0 Å². The van der Waals surface area contributed by atoms with Crippen molar-refractivity contribution in [1.82, 2.24) is 30.2 Å². The van der Waals surface area contributed by atoms with Gasteiger partial charge in [-0.1, -0.05) is 30.3 Å². The number of benzene rings is 2. The first-order valence-corrected chi connectivity index (χ1v) is 19.8. The molecule has 1 saturated heterocycles. The smallest absolute Gasteiger partial charge is 0.413 e. The second-order valence-electron chi connectivity index (χ2n) is 17.2. The van der Waals surface area contributed by atoms with Gasteiger partial charge in [0.05, 0.1) is 0 Å². The highest BCUT2D eigenvalue weighted by molar-refractivity contribution is 5.86. The lowest BCUT2D eigenvalue weighted by Crippen LogP contribution is -2.51. The SMILES string of the molecule is CC(C)(C)OC(=O)N1CCN(CCCNC(=O)C(Cc2ccc(O)cc2)NC(=O)Oc2ccccc2)CCN(C(=O)OC(C)(C)C)CCN(C(=O)OC(C)(C)C)CC1. The van der Waals surface area contributed by atoms with Gasteiger partial charge < -0.3 is 49.4 Å². The number of carbonyl (C=O) groups is 5. The van der Waals surface area contributed by atoms with Crippen molar-refractivity contribution < 1.29 is 48.0 Å². The Bertz CT molecular complexity index is 1590. The predicted molar refractivity (Wildman–Crippen MR) is 219 cm³/mol. The number of nitrogens with zero attached hydrogens (tertiary/aromatic N) is 4. The molecule has 0 aliphatic carbocycles. The first-order chi connectivity index (χ1) is 27.1. The summed E-state index contributed by atoms with van der Waals surface area (Å²) in [6.07, 6.45) is -1.74. The fourth-order valence-electron chi connectivity index (χ4n) is 5.69. The number of ether oxygens (including phenoxy) is 4. The van der Waals surface area contributed by atoms with Crippen LogP contribution in [-0.4, -0.2) is 143 Å². The molecule has 5 amide bonds. The Morgan fingerprint density at radius 1 is 0.638 bits per heavy atom. The molecule has 16 nitrogen and oxygen atoms in total. The van der Waals surface area contributed by atoms with Crippen LogP contribution in [0.3, 0.4) is 0 Å². The highest BCUT2D eigenvalue weighted by atomic mass is 16.6. The highest BCUT2D eigenvalue weighted by Crippen LogP contribution is 2.16. The van der Waals surface area contributed by atoms with Crippen LogP contribution >= 0.6 is 0 Å². The van der Waals surface area contributed by atoms with Gasteiger partial charge in [0.2, 0.25) is 5.91 Å². The van der Waals surface area contributed by atoms with Crippen LogP contribution in [0.25, 0.3) is 0 Å². The van der Waals surface area contributed by atoms with E-state index in [0.29, 0.717) is 31.8 Å². The molecule has 1 heterocycles. The third kappa shape index (κ3) is 18.3. The summed E-state index contributed by atoms with van der Waals surface area (Å²) >= 11 is 0. The number of nitrogens with one attached hydrogen (secondary N) is 2. The Morgan fingerprint density at radius 3 is 1.50 bits per heavy atom. The Labute approximate surface area is 343 Å². The molecule has 0 bridgehead atoms. The molecule has 0 spiro atoms. The summed E-state index contributed by atoms with van der Waals surface area (Å²) in [7, 11) is 0. The number of phenols is 1. The maximum Gasteiger partial charge on any atom is 0.413 e. The zero-order valence-electron chi connectivity index (χ0n) is 35.7. The molecule has 16 heteroatoms. The Morgan fingerprint density at radius 2 is 1.07 bits per heavy atom. The molecule has 322 valence electrons. The second kappa shape index (κ2) is 21.5. The van der Waals surface area contributed by atoms with Gasteiger partial charge in [-0.15, -0.1) is 0 Å². The number of phenolic OH excluding ortho intramolecular Hbond substituents is 1. The molecule has 0 radical (unpaired) electrons. The van der Waals surface area contributed by atoms with Crippen molar-refractivity contribution in [3.63, 3.8) is 0 Å². The number of aromatic hydroxyl groups is 1. The molecule has 0 aromatic heterocycles. The van der Waals surface area contributed by atoms with Crippen LogP contribution in [0.5, 0.6) is 11.5 Å². The molecule has 1 fully saturated rings. The van der Waals surface area contributed by atoms with Gasteiger partial charge in [-0.25, -0.2) is 19.2 Å². The summed E-state index contributed by atoms with van der Waals surface area (Å²) in [4.78, 5) is 73.2. The number of rotatable bonds is 9. The number of hydrogen-bond acceptors (Lipinski definition) is 11. The summed E-state index contributed by atoms with van der Waals surface area (Å²) in [5.74, 6) is -0.0200. The summed E-state index contributed by atoms with van der Waals surface area (Å²) in [6, 6.07) is 13.9. The van der Waals surface area contributed by atoms with E-state index in [4.69, 9.17) is 18.9 Å².